The number of rotatable bonds is 4. The molecule has 1 N–H and O–H groups in total. The van der Waals surface area contributed by atoms with Crippen LogP contribution in [0, 0.1) is 0 Å². The molecule has 2 amide bonds. The van der Waals surface area contributed by atoms with E-state index >= 15 is 0 Å². The summed E-state index contributed by atoms with van der Waals surface area (Å²) >= 11 is 0. The molecule has 7 nitrogen and oxygen atoms in total. The van der Waals surface area contributed by atoms with Crippen LogP contribution in [-0.2, 0) is 13.1 Å². The third-order valence-corrected chi connectivity index (χ3v) is 4.37. The lowest BCUT2D eigenvalue weighted by atomic mass is 9.99. The maximum atomic E-state index is 12.1. The number of nitrogens with zero attached hydrogens (tertiary/aromatic N) is 5. The number of carbonyl (C=O) groups excluding carboxylic acids is 1. The van der Waals surface area contributed by atoms with Crippen molar-refractivity contribution in [3.8, 4) is 0 Å². The Morgan fingerprint density at radius 1 is 1.48 bits per heavy atom. The van der Waals surface area contributed by atoms with E-state index in [-0.39, 0.29) is 18.1 Å². The van der Waals surface area contributed by atoms with Crippen molar-refractivity contribution in [2.45, 2.75) is 58.4 Å². The van der Waals surface area contributed by atoms with E-state index < -0.39 is 0 Å². The minimum absolute atomic E-state index is 0.0822. The van der Waals surface area contributed by atoms with E-state index in [2.05, 4.69) is 34.3 Å². The van der Waals surface area contributed by atoms with Crippen molar-refractivity contribution in [1.29, 1.82) is 0 Å². The van der Waals surface area contributed by atoms with Crippen molar-refractivity contribution in [2.75, 3.05) is 13.1 Å². The highest BCUT2D eigenvalue weighted by atomic mass is 16.2. The van der Waals surface area contributed by atoms with E-state index in [9.17, 15) is 4.79 Å². The molecule has 2 atom stereocenters. The van der Waals surface area contributed by atoms with Crippen LogP contribution >= 0.6 is 0 Å². The summed E-state index contributed by atoms with van der Waals surface area (Å²) in [5.74, 6) is 0. The third kappa shape index (κ3) is 2.74. The molecule has 3 rings (SSSR count). The van der Waals surface area contributed by atoms with Crippen LogP contribution < -0.4 is 5.32 Å². The third-order valence-electron chi connectivity index (χ3n) is 4.37. The van der Waals surface area contributed by atoms with Gasteiger partial charge in [-0.15, -0.1) is 0 Å². The molecular formula is C14H24N6O. The number of aryl methyl sites for hydroxylation is 1. The molecule has 2 aliphatic heterocycles. The first-order chi connectivity index (χ1) is 10.1. The van der Waals surface area contributed by atoms with Gasteiger partial charge >= 0.3 is 6.03 Å². The minimum atomic E-state index is 0.0822. The molecule has 0 spiro atoms. The van der Waals surface area contributed by atoms with Crippen LogP contribution in [0.3, 0.4) is 0 Å². The van der Waals surface area contributed by atoms with Crippen LogP contribution in [0.1, 0.15) is 32.9 Å². The molecule has 0 aliphatic carbocycles. The quantitative estimate of drug-likeness (QED) is 0.886. The normalized spacial score (nSPS) is 26.3. The summed E-state index contributed by atoms with van der Waals surface area (Å²) in [6.07, 6.45) is 2.85. The van der Waals surface area contributed by atoms with E-state index in [1.807, 2.05) is 18.0 Å². The minimum Gasteiger partial charge on any atom is -0.332 e. The molecule has 1 aromatic rings. The fourth-order valence-electron chi connectivity index (χ4n) is 3.41. The molecule has 7 heteroatoms. The van der Waals surface area contributed by atoms with Crippen LogP contribution in [0.25, 0.3) is 0 Å². The molecule has 2 saturated heterocycles. The average molecular weight is 292 g/mol. The summed E-state index contributed by atoms with van der Waals surface area (Å²) in [6.45, 7) is 9.68. The fraction of sp³-hybridized carbons (Fsp3) is 0.786. The Bertz CT molecular complexity index is 513. The molecule has 2 fully saturated rings. The van der Waals surface area contributed by atoms with Gasteiger partial charge in [-0.3, -0.25) is 4.90 Å². The fourth-order valence-corrected chi connectivity index (χ4v) is 3.41. The van der Waals surface area contributed by atoms with Gasteiger partial charge < -0.3 is 10.2 Å². The van der Waals surface area contributed by atoms with Gasteiger partial charge in [-0.25, -0.2) is 4.79 Å². The molecule has 0 radical (unpaired) electrons. The van der Waals surface area contributed by atoms with Gasteiger partial charge in [0.25, 0.3) is 0 Å². The van der Waals surface area contributed by atoms with Crippen molar-refractivity contribution in [3.05, 3.63) is 11.9 Å². The zero-order chi connectivity index (χ0) is 15.0. The second-order valence-electron chi connectivity index (χ2n) is 6.17. The van der Waals surface area contributed by atoms with Gasteiger partial charge in [0.2, 0.25) is 0 Å². The van der Waals surface area contributed by atoms with Crippen molar-refractivity contribution in [3.63, 3.8) is 0 Å². The Morgan fingerprint density at radius 2 is 2.29 bits per heavy atom. The highest BCUT2D eigenvalue weighted by Gasteiger charge is 2.43. The maximum Gasteiger partial charge on any atom is 0.318 e. The Hall–Kier alpha value is -1.63. The van der Waals surface area contributed by atoms with Gasteiger partial charge in [-0.05, 0) is 27.2 Å². The van der Waals surface area contributed by atoms with Crippen LogP contribution in [0.5, 0.6) is 0 Å². The molecule has 2 aliphatic rings. The van der Waals surface area contributed by atoms with E-state index in [0.29, 0.717) is 6.04 Å². The van der Waals surface area contributed by atoms with Crippen LogP contribution in [-0.4, -0.2) is 62.0 Å². The molecule has 0 saturated carbocycles. The number of nitrogens with one attached hydrogen (secondary N) is 1. The Balaban J connectivity index is 1.62. The number of carbonyl (C=O) groups is 1. The van der Waals surface area contributed by atoms with E-state index in [0.717, 1.165) is 38.3 Å². The zero-order valence-corrected chi connectivity index (χ0v) is 13.0. The lowest BCUT2D eigenvalue weighted by Gasteiger charge is -2.37. The lowest BCUT2D eigenvalue weighted by Crippen LogP contribution is -2.51. The highest BCUT2D eigenvalue weighted by Crippen LogP contribution is 2.25. The molecule has 116 valence electrons. The van der Waals surface area contributed by atoms with Crippen LogP contribution in [0.2, 0.25) is 0 Å². The predicted molar refractivity (Wildman–Crippen MR) is 78.7 cm³/mol. The van der Waals surface area contributed by atoms with Crippen molar-refractivity contribution >= 4 is 6.03 Å². The first-order valence-electron chi connectivity index (χ1n) is 7.78. The summed E-state index contributed by atoms with van der Waals surface area (Å²) in [7, 11) is 0. The van der Waals surface area contributed by atoms with Crippen LogP contribution in [0.15, 0.2) is 6.20 Å². The summed E-state index contributed by atoms with van der Waals surface area (Å²) in [5, 5.41) is 11.8. The second kappa shape index (κ2) is 5.63. The SMILES string of the molecule is CCn1ncc(CN2CC[C@H]3[C@@H](C2)NC(=O)N3C(C)C)n1. The topological polar surface area (TPSA) is 66.3 Å². The largest absolute Gasteiger partial charge is 0.332 e. The van der Waals surface area contributed by atoms with Crippen molar-refractivity contribution in [1.82, 2.24) is 30.1 Å². The van der Waals surface area contributed by atoms with Gasteiger partial charge in [0, 0.05) is 25.7 Å². The van der Waals surface area contributed by atoms with Gasteiger partial charge in [0.1, 0.15) is 0 Å². The molecule has 21 heavy (non-hydrogen) atoms. The Kier molecular flexibility index (Phi) is 3.84. The van der Waals surface area contributed by atoms with Gasteiger partial charge in [0.15, 0.2) is 0 Å². The van der Waals surface area contributed by atoms with E-state index in [1.165, 1.54) is 0 Å². The number of amides is 2. The standard InChI is InChI=1S/C14H24N6O/c1-4-19-15-7-11(17-19)8-18-6-5-13-12(9-18)16-14(21)20(13)10(2)3/h7,10,12-13H,4-6,8-9H2,1-3H3,(H,16,21)/t12-,13+/m1/s1. The van der Waals surface area contributed by atoms with Gasteiger partial charge in [-0.2, -0.15) is 15.0 Å². The van der Waals surface area contributed by atoms with Gasteiger partial charge in [0.05, 0.1) is 30.5 Å². The first kappa shape index (κ1) is 14.3. The second-order valence-corrected chi connectivity index (χ2v) is 6.17. The van der Waals surface area contributed by atoms with Crippen molar-refractivity contribution in [2.24, 2.45) is 0 Å². The Labute approximate surface area is 125 Å². The van der Waals surface area contributed by atoms with E-state index in [1.54, 1.807) is 4.80 Å². The number of likely N-dealkylation sites (tertiary alicyclic amines) is 1. The Morgan fingerprint density at radius 3 is 2.95 bits per heavy atom. The van der Waals surface area contributed by atoms with E-state index in [4.69, 9.17) is 0 Å². The zero-order valence-electron chi connectivity index (χ0n) is 13.0. The number of aromatic nitrogens is 3. The summed E-state index contributed by atoms with van der Waals surface area (Å²) in [6, 6.07) is 0.907. The molecular weight excluding hydrogens is 268 g/mol. The number of fused-ring (bicyclic) bond motifs is 1. The number of piperidine rings is 1. The maximum absolute atomic E-state index is 12.1. The molecule has 0 bridgehead atoms. The molecule has 1 aromatic heterocycles. The lowest BCUT2D eigenvalue weighted by molar-refractivity contribution is 0.121. The molecule has 0 unspecified atom stereocenters. The first-order valence-corrected chi connectivity index (χ1v) is 7.78. The summed E-state index contributed by atoms with van der Waals surface area (Å²) < 4.78 is 0. The van der Waals surface area contributed by atoms with Crippen LogP contribution in [0.4, 0.5) is 4.79 Å². The molecule has 3 heterocycles. The monoisotopic (exact) mass is 292 g/mol. The molecule has 0 aromatic carbocycles. The summed E-state index contributed by atoms with van der Waals surface area (Å²) in [4.78, 5) is 18.1. The highest BCUT2D eigenvalue weighted by molar-refractivity contribution is 5.78. The predicted octanol–water partition coefficient (Wildman–Crippen LogP) is 0.675. The van der Waals surface area contributed by atoms with Gasteiger partial charge in [-0.1, -0.05) is 0 Å². The number of hydrogen-bond acceptors (Lipinski definition) is 4. The number of hydrogen-bond donors (Lipinski definition) is 1. The number of urea groups is 1. The summed E-state index contributed by atoms with van der Waals surface area (Å²) in [5.41, 5.74) is 1.00. The van der Waals surface area contributed by atoms with Crippen molar-refractivity contribution < 1.29 is 4.79 Å². The smallest absolute Gasteiger partial charge is 0.318 e. The average Bonchev–Trinajstić information content (AvgIpc) is 3.01.